The summed E-state index contributed by atoms with van der Waals surface area (Å²) < 4.78 is 10.4. The number of rotatable bonds is 6. The van der Waals surface area contributed by atoms with Crippen molar-refractivity contribution in [2.24, 2.45) is 0 Å². The van der Waals surface area contributed by atoms with E-state index < -0.39 is 5.25 Å². The maximum Gasteiger partial charge on any atom is 0.238 e. The number of nitrogens with one attached hydrogen (secondary N) is 2. The van der Waals surface area contributed by atoms with Crippen molar-refractivity contribution in [1.29, 1.82) is 0 Å². The molecule has 1 aliphatic heterocycles. The lowest BCUT2D eigenvalue weighted by molar-refractivity contribution is -0.124. The van der Waals surface area contributed by atoms with Gasteiger partial charge < -0.3 is 20.1 Å². The molecule has 26 heavy (non-hydrogen) atoms. The van der Waals surface area contributed by atoms with Gasteiger partial charge in [0.2, 0.25) is 11.8 Å². The van der Waals surface area contributed by atoms with Gasteiger partial charge in [-0.2, -0.15) is 0 Å². The summed E-state index contributed by atoms with van der Waals surface area (Å²) >= 11 is 1.41. The van der Waals surface area contributed by atoms with E-state index in [4.69, 9.17) is 9.47 Å². The quantitative estimate of drug-likeness (QED) is 0.815. The highest BCUT2D eigenvalue weighted by atomic mass is 32.2. The third-order valence-electron chi connectivity index (χ3n) is 3.98. The number of fused-ring (bicyclic) bond motifs is 1. The summed E-state index contributed by atoms with van der Waals surface area (Å²) in [5, 5.41) is 5.26. The molecule has 0 saturated carbocycles. The van der Waals surface area contributed by atoms with Crippen LogP contribution >= 0.6 is 11.8 Å². The Morgan fingerprint density at radius 3 is 2.54 bits per heavy atom. The molecule has 7 heteroatoms. The van der Waals surface area contributed by atoms with E-state index in [0.717, 1.165) is 16.1 Å². The molecule has 0 fully saturated rings. The SMILES string of the molecule is COc1cc(CNC(=O)CC2Sc3ccccc3NC2=O)cc(OC)c1. The van der Waals surface area contributed by atoms with Crippen LogP contribution in [0.5, 0.6) is 11.5 Å². The Labute approximate surface area is 156 Å². The lowest BCUT2D eigenvalue weighted by atomic mass is 10.2. The lowest BCUT2D eigenvalue weighted by Gasteiger charge is -2.23. The van der Waals surface area contributed by atoms with E-state index in [1.165, 1.54) is 11.8 Å². The van der Waals surface area contributed by atoms with E-state index in [0.29, 0.717) is 18.0 Å². The van der Waals surface area contributed by atoms with Gasteiger partial charge in [-0.3, -0.25) is 9.59 Å². The topological polar surface area (TPSA) is 76.7 Å². The largest absolute Gasteiger partial charge is 0.497 e. The Balaban J connectivity index is 1.59. The first-order chi connectivity index (χ1) is 12.6. The number of para-hydroxylation sites is 1. The molecule has 0 aliphatic carbocycles. The van der Waals surface area contributed by atoms with Crippen molar-refractivity contribution >= 4 is 29.3 Å². The maximum atomic E-state index is 12.3. The molecule has 136 valence electrons. The van der Waals surface area contributed by atoms with Crippen LogP contribution in [0.1, 0.15) is 12.0 Å². The molecule has 1 unspecified atom stereocenters. The van der Waals surface area contributed by atoms with Gasteiger partial charge >= 0.3 is 0 Å². The van der Waals surface area contributed by atoms with Crippen LogP contribution in [-0.4, -0.2) is 31.3 Å². The fourth-order valence-corrected chi connectivity index (χ4v) is 3.75. The van der Waals surface area contributed by atoms with Gasteiger partial charge in [-0.15, -0.1) is 11.8 Å². The Morgan fingerprint density at radius 1 is 1.15 bits per heavy atom. The number of benzene rings is 2. The summed E-state index contributed by atoms with van der Waals surface area (Å²) in [7, 11) is 3.15. The van der Waals surface area contributed by atoms with Gasteiger partial charge in [-0.1, -0.05) is 12.1 Å². The first-order valence-electron chi connectivity index (χ1n) is 8.14. The van der Waals surface area contributed by atoms with E-state index >= 15 is 0 Å². The van der Waals surface area contributed by atoms with Gasteiger partial charge in [0.15, 0.2) is 0 Å². The van der Waals surface area contributed by atoms with Gasteiger partial charge in [-0.05, 0) is 29.8 Å². The predicted molar refractivity (Wildman–Crippen MR) is 101 cm³/mol. The van der Waals surface area contributed by atoms with Gasteiger partial charge in [0.25, 0.3) is 0 Å². The molecule has 2 N–H and O–H groups in total. The summed E-state index contributed by atoms with van der Waals surface area (Å²) in [5.41, 5.74) is 1.66. The van der Waals surface area contributed by atoms with Crippen molar-refractivity contribution in [2.75, 3.05) is 19.5 Å². The summed E-state index contributed by atoms with van der Waals surface area (Å²) in [6, 6.07) is 13.0. The molecule has 0 radical (unpaired) electrons. The average molecular weight is 372 g/mol. The molecule has 0 bridgehead atoms. The number of carbonyl (C=O) groups is 2. The van der Waals surface area contributed by atoms with Crippen LogP contribution in [0.4, 0.5) is 5.69 Å². The Hall–Kier alpha value is -2.67. The average Bonchev–Trinajstić information content (AvgIpc) is 2.66. The van der Waals surface area contributed by atoms with Crippen molar-refractivity contribution in [2.45, 2.75) is 23.1 Å². The number of hydrogen-bond acceptors (Lipinski definition) is 5. The van der Waals surface area contributed by atoms with Crippen molar-refractivity contribution in [3.63, 3.8) is 0 Å². The lowest BCUT2D eigenvalue weighted by Crippen LogP contribution is -2.34. The molecule has 0 aromatic heterocycles. The maximum absolute atomic E-state index is 12.3. The van der Waals surface area contributed by atoms with E-state index in [1.54, 1.807) is 20.3 Å². The fraction of sp³-hybridized carbons (Fsp3) is 0.263. The normalized spacial score (nSPS) is 15.6. The van der Waals surface area contributed by atoms with E-state index in [9.17, 15) is 9.59 Å². The van der Waals surface area contributed by atoms with Crippen LogP contribution < -0.4 is 20.1 Å². The number of anilines is 1. The summed E-state index contributed by atoms with van der Waals surface area (Å²) in [4.78, 5) is 25.4. The standard InChI is InChI=1S/C19H20N2O4S/c1-24-13-7-12(8-14(9-13)25-2)11-20-18(22)10-17-19(23)21-15-5-3-4-6-16(15)26-17/h3-9,17H,10-11H2,1-2H3,(H,20,22)(H,21,23). The zero-order valence-electron chi connectivity index (χ0n) is 14.6. The Kier molecular flexibility index (Phi) is 5.68. The third kappa shape index (κ3) is 4.29. The molecule has 6 nitrogen and oxygen atoms in total. The number of thioether (sulfide) groups is 1. The third-order valence-corrected chi connectivity index (χ3v) is 5.25. The van der Waals surface area contributed by atoms with Crippen LogP contribution in [0.3, 0.4) is 0 Å². The van der Waals surface area contributed by atoms with Crippen molar-refractivity contribution in [3.05, 3.63) is 48.0 Å². The molecule has 2 aromatic carbocycles. The molecule has 1 atom stereocenters. The monoisotopic (exact) mass is 372 g/mol. The first-order valence-corrected chi connectivity index (χ1v) is 9.02. The van der Waals surface area contributed by atoms with Gasteiger partial charge in [-0.25, -0.2) is 0 Å². The fourth-order valence-electron chi connectivity index (χ4n) is 2.64. The predicted octanol–water partition coefficient (Wildman–Crippen LogP) is 2.82. The molecule has 1 heterocycles. The minimum atomic E-state index is -0.440. The van der Waals surface area contributed by atoms with Crippen LogP contribution in [0.25, 0.3) is 0 Å². The smallest absolute Gasteiger partial charge is 0.238 e. The van der Waals surface area contributed by atoms with Gasteiger partial charge in [0, 0.05) is 23.9 Å². The van der Waals surface area contributed by atoms with Crippen molar-refractivity contribution in [1.82, 2.24) is 5.32 Å². The summed E-state index contributed by atoms with van der Waals surface area (Å²) in [6.07, 6.45) is 0.117. The van der Waals surface area contributed by atoms with Crippen LogP contribution in [-0.2, 0) is 16.1 Å². The molecule has 0 saturated heterocycles. The highest BCUT2D eigenvalue weighted by Crippen LogP contribution is 2.36. The Morgan fingerprint density at radius 2 is 1.85 bits per heavy atom. The molecule has 0 spiro atoms. The van der Waals surface area contributed by atoms with E-state index in [-0.39, 0.29) is 18.2 Å². The van der Waals surface area contributed by atoms with Crippen LogP contribution in [0.2, 0.25) is 0 Å². The summed E-state index contributed by atoms with van der Waals surface area (Å²) in [6.45, 7) is 0.335. The first kappa shape index (κ1) is 18.1. The van der Waals surface area contributed by atoms with Crippen LogP contribution in [0.15, 0.2) is 47.4 Å². The Bertz CT molecular complexity index is 803. The molecular weight excluding hydrogens is 352 g/mol. The molecule has 2 aromatic rings. The summed E-state index contributed by atoms with van der Waals surface area (Å²) in [5.74, 6) is 0.991. The number of carbonyl (C=O) groups excluding carboxylic acids is 2. The zero-order chi connectivity index (χ0) is 18.5. The number of amides is 2. The molecule has 1 aliphatic rings. The van der Waals surface area contributed by atoms with E-state index in [2.05, 4.69) is 10.6 Å². The number of methoxy groups -OCH3 is 2. The highest BCUT2D eigenvalue weighted by Gasteiger charge is 2.28. The number of hydrogen-bond donors (Lipinski definition) is 2. The highest BCUT2D eigenvalue weighted by molar-refractivity contribution is 8.01. The van der Waals surface area contributed by atoms with Crippen LogP contribution in [0, 0.1) is 0 Å². The molecular formula is C19H20N2O4S. The second-order valence-corrected chi connectivity index (χ2v) is 7.04. The minimum Gasteiger partial charge on any atom is -0.497 e. The zero-order valence-corrected chi connectivity index (χ0v) is 15.4. The van der Waals surface area contributed by atoms with Crippen molar-refractivity contribution in [3.8, 4) is 11.5 Å². The van der Waals surface area contributed by atoms with E-state index in [1.807, 2.05) is 36.4 Å². The second-order valence-electron chi connectivity index (χ2n) is 5.79. The molecule has 3 rings (SSSR count). The number of ether oxygens (including phenoxy) is 2. The second kappa shape index (κ2) is 8.14. The van der Waals surface area contributed by atoms with Gasteiger partial charge in [0.1, 0.15) is 11.5 Å². The van der Waals surface area contributed by atoms with Gasteiger partial charge in [0.05, 0.1) is 25.2 Å². The van der Waals surface area contributed by atoms with Crippen molar-refractivity contribution < 1.29 is 19.1 Å². The minimum absolute atomic E-state index is 0.117. The molecule has 2 amide bonds.